The summed E-state index contributed by atoms with van der Waals surface area (Å²) in [5, 5.41) is 9.60. The Morgan fingerprint density at radius 1 is 1.12 bits per heavy atom. The van der Waals surface area contributed by atoms with Crippen LogP contribution in [-0.2, 0) is 4.79 Å². The smallest absolute Gasteiger partial charge is 0.255 e. The number of hydrogen-bond donors (Lipinski definition) is 3. The van der Waals surface area contributed by atoms with Crippen LogP contribution in [0.15, 0.2) is 65.9 Å². The lowest BCUT2D eigenvalue weighted by Gasteiger charge is -2.30. The van der Waals surface area contributed by atoms with Crippen LogP contribution in [0.1, 0.15) is 18.5 Å². The van der Waals surface area contributed by atoms with Gasteiger partial charge in [-0.3, -0.25) is 4.79 Å². The fourth-order valence-corrected chi connectivity index (χ4v) is 2.92. The minimum Gasteiger partial charge on any atom is -0.351 e. The molecule has 3 rings (SSSR count). The average Bonchev–Trinajstić information content (AvgIpc) is 2.55. The van der Waals surface area contributed by atoms with Gasteiger partial charge in [0.25, 0.3) is 5.91 Å². The van der Waals surface area contributed by atoms with Crippen LogP contribution in [0.2, 0.25) is 0 Å². The first-order chi connectivity index (χ1) is 11.5. The fourth-order valence-electron chi connectivity index (χ4n) is 2.65. The van der Waals surface area contributed by atoms with Crippen LogP contribution in [0.3, 0.4) is 0 Å². The molecule has 0 fully saturated rings. The Labute approximate surface area is 147 Å². The van der Waals surface area contributed by atoms with Gasteiger partial charge < -0.3 is 16.0 Å². The standard InChI is InChI=1S/C18H16BN3OS/c1-11-15(17(23)21-14-5-3-2-4-6-14)16(22-18(24)20-11)12-7-9-13(19)10-8-12/h2-10,16H,1H3,(H,21,23)(H2,20,22,24). The van der Waals surface area contributed by atoms with Crippen LogP contribution in [0.4, 0.5) is 5.69 Å². The van der Waals surface area contributed by atoms with Crippen molar-refractivity contribution in [3.63, 3.8) is 0 Å². The van der Waals surface area contributed by atoms with Gasteiger partial charge in [-0.05, 0) is 36.8 Å². The van der Waals surface area contributed by atoms with E-state index in [1.54, 1.807) is 0 Å². The van der Waals surface area contributed by atoms with Crippen LogP contribution in [-0.4, -0.2) is 18.9 Å². The molecule has 2 aromatic carbocycles. The van der Waals surface area contributed by atoms with Crippen molar-refractivity contribution in [2.75, 3.05) is 5.32 Å². The Hall–Kier alpha value is -2.60. The number of nitrogens with one attached hydrogen (secondary N) is 3. The molecule has 2 radical (unpaired) electrons. The van der Waals surface area contributed by atoms with Gasteiger partial charge in [0.2, 0.25) is 0 Å². The molecular weight excluding hydrogens is 317 g/mol. The third-order valence-electron chi connectivity index (χ3n) is 3.82. The van der Waals surface area contributed by atoms with Crippen molar-refractivity contribution in [2.45, 2.75) is 13.0 Å². The molecule has 0 spiro atoms. The number of rotatable bonds is 3. The normalized spacial score (nSPS) is 17.0. The Morgan fingerprint density at radius 3 is 2.46 bits per heavy atom. The van der Waals surface area contributed by atoms with Gasteiger partial charge in [-0.2, -0.15) is 0 Å². The van der Waals surface area contributed by atoms with Gasteiger partial charge in [-0.1, -0.05) is 47.9 Å². The zero-order valence-electron chi connectivity index (χ0n) is 13.2. The number of hydrogen-bond acceptors (Lipinski definition) is 2. The van der Waals surface area contributed by atoms with E-state index >= 15 is 0 Å². The Bertz CT molecular complexity index is 803. The van der Waals surface area contributed by atoms with Crippen LogP contribution in [0.5, 0.6) is 0 Å². The summed E-state index contributed by atoms with van der Waals surface area (Å²) in [5.74, 6) is -0.178. The molecule has 1 amide bonds. The molecule has 0 saturated carbocycles. The van der Waals surface area contributed by atoms with Gasteiger partial charge >= 0.3 is 0 Å². The Balaban J connectivity index is 1.94. The van der Waals surface area contributed by atoms with Crippen molar-refractivity contribution in [1.29, 1.82) is 0 Å². The predicted octanol–water partition coefficient (Wildman–Crippen LogP) is 1.91. The highest BCUT2D eigenvalue weighted by atomic mass is 32.1. The maximum absolute atomic E-state index is 12.8. The number of carbonyl (C=O) groups excluding carboxylic acids is 1. The lowest BCUT2D eigenvalue weighted by molar-refractivity contribution is -0.113. The molecule has 0 aliphatic carbocycles. The summed E-state index contributed by atoms with van der Waals surface area (Å²) >= 11 is 5.24. The van der Waals surface area contributed by atoms with Crippen molar-refractivity contribution in [1.82, 2.24) is 10.6 Å². The summed E-state index contributed by atoms with van der Waals surface area (Å²) in [6.45, 7) is 1.84. The molecule has 0 bridgehead atoms. The lowest BCUT2D eigenvalue weighted by atomic mass is 9.90. The average molecular weight is 333 g/mol. The number of thiocarbonyl (C=S) groups is 1. The number of benzene rings is 2. The molecule has 1 aliphatic heterocycles. The molecule has 6 heteroatoms. The van der Waals surface area contributed by atoms with E-state index in [1.807, 2.05) is 61.5 Å². The zero-order valence-corrected chi connectivity index (χ0v) is 14.0. The van der Waals surface area contributed by atoms with Gasteiger partial charge in [0.05, 0.1) is 11.6 Å². The van der Waals surface area contributed by atoms with E-state index in [0.717, 1.165) is 16.9 Å². The van der Waals surface area contributed by atoms with Crippen molar-refractivity contribution in [3.8, 4) is 0 Å². The summed E-state index contributed by atoms with van der Waals surface area (Å²) < 4.78 is 0. The molecule has 0 saturated heterocycles. The highest BCUT2D eigenvalue weighted by molar-refractivity contribution is 7.80. The van der Waals surface area contributed by atoms with Gasteiger partial charge in [-0.25, -0.2) is 0 Å². The highest BCUT2D eigenvalue weighted by Crippen LogP contribution is 2.27. The van der Waals surface area contributed by atoms with Crippen molar-refractivity contribution >= 4 is 42.2 Å². The van der Waals surface area contributed by atoms with E-state index in [4.69, 9.17) is 20.1 Å². The van der Waals surface area contributed by atoms with Crippen LogP contribution in [0.25, 0.3) is 0 Å². The van der Waals surface area contributed by atoms with E-state index in [-0.39, 0.29) is 11.9 Å². The molecular formula is C18H16BN3OS. The highest BCUT2D eigenvalue weighted by Gasteiger charge is 2.29. The molecule has 4 nitrogen and oxygen atoms in total. The van der Waals surface area contributed by atoms with E-state index in [0.29, 0.717) is 16.1 Å². The first-order valence-corrected chi connectivity index (χ1v) is 7.95. The number of anilines is 1. The molecule has 24 heavy (non-hydrogen) atoms. The Morgan fingerprint density at radius 2 is 1.79 bits per heavy atom. The van der Waals surface area contributed by atoms with Gasteiger partial charge in [0.1, 0.15) is 7.85 Å². The van der Waals surface area contributed by atoms with E-state index < -0.39 is 0 Å². The third-order valence-corrected chi connectivity index (χ3v) is 4.04. The minimum absolute atomic E-state index is 0.178. The predicted molar refractivity (Wildman–Crippen MR) is 101 cm³/mol. The van der Waals surface area contributed by atoms with Gasteiger partial charge in [0, 0.05) is 11.4 Å². The topological polar surface area (TPSA) is 53.2 Å². The molecule has 0 aromatic heterocycles. The second-order valence-corrected chi connectivity index (χ2v) is 5.97. The van der Waals surface area contributed by atoms with Gasteiger partial charge in [-0.15, -0.1) is 0 Å². The minimum atomic E-state index is -0.330. The first-order valence-electron chi connectivity index (χ1n) is 7.54. The van der Waals surface area contributed by atoms with E-state index in [9.17, 15) is 4.79 Å². The maximum atomic E-state index is 12.8. The largest absolute Gasteiger partial charge is 0.351 e. The number of carbonyl (C=O) groups is 1. The Kier molecular flexibility index (Phi) is 4.67. The molecule has 1 aliphatic rings. The van der Waals surface area contributed by atoms with E-state index in [2.05, 4.69) is 16.0 Å². The molecule has 1 heterocycles. The van der Waals surface area contributed by atoms with Crippen molar-refractivity contribution in [3.05, 3.63) is 71.4 Å². The van der Waals surface area contributed by atoms with Crippen molar-refractivity contribution < 1.29 is 4.79 Å². The maximum Gasteiger partial charge on any atom is 0.255 e. The molecule has 2 aromatic rings. The summed E-state index contributed by atoms with van der Waals surface area (Å²) in [5.41, 5.74) is 3.66. The summed E-state index contributed by atoms with van der Waals surface area (Å²) in [4.78, 5) is 12.8. The molecule has 118 valence electrons. The monoisotopic (exact) mass is 333 g/mol. The molecule has 1 atom stereocenters. The number of allylic oxidation sites excluding steroid dienone is 1. The first kappa shape index (κ1) is 16.3. The summed E-state index contributed by atoms with van der Waals surface area (Å²) in [6.07, 6.45) is 0. The quantitative estimate of drug-likeness (QED) is 0.593. The summed E-state index contributed by atoms with van der Waals surface area (Å²) in [6, 6.07) is 16.4. The second-order valence-electron chi connectivity index (χ2n) is 5.56. The van der Waals surface area contributed by atoms with Gasteiger partial charge in [0.15, 0.2) is 5.11 Å². The fraction of sp³-hybridized carbons (Fsp3) is 0.111. The zero-order chi connectivity index (χ0) is 17.1. The SMILES string of the molecule is [B]c1ccc(C2NC(=S)NC(C)=C2C(=O)Nc2ccccc2)cc1. The van der Waals surface area contributed by atoms with E-state index in [1.165, 1.54) is 0 Å². The van der Waals surface area contributed by atoms with Crippen LogP contribution < -0.4 is 21.4 Å². The second kappa shape index (κ2) is 6.89. The van der Waals surface area contributed by atoms with Crippen LogP contribution >= 0.6 is 12.2 Å². The molecule has 1 unspecified atom stereocenters. The van der Waals surface area contributed by atoms with Crippen LogP contribution in [0, 0.1) is 0 Å². The van der Waals surface area contributed by atoms with Crippen molar-refractivity contribution in [2.24, 2.45) is 0 Å². The number of amides is 1. The summed E-state index contributed by atoms with van der Waals surface area (Å²) in [7, 11) is 5.76. The number of para-hydroxylation sites is 1. The molecule has 3 N–H and O–H groups in total. The third kappa shape index (κ3) is 3.49. The lowest BCUT2D eigenvalue weighted by Crippen LogP contribution is -2.45.